The standard InChI is InChI=1S/C12H21N3O/c1-3-14-11(16)9-15(4-2)10-12(5-6-12)7-8-13/h3-7,9-10H2,1-2H3,(H,14,16). The predicted octanol–water partition coefficient (Wildman–Crippen LogP) is 1.14. The first-order valence-corrected chi connectivity index (χ1v) is 6.02. The third kappa shape index (κ3) is 3.82. The number of likely N-dealkylation sites (N-methyl/N-ethyl adjacent to an activating group) is 2. The van der Waals surface area contributed by atoms with E-state index in [1.165, 1.54) is 0 Å². The largest absolute Gasteiger partial charge is 0.355 e. The topological polar surface area (TPSA) is 56.1 Å². The lowest BCUT2D eigenvalue weighted by molar-refractivity contribution is -0.122. The van der Waals surface area contributed by atoms with Gasteiger partial charge in [0.05, 0.1) is 12.6 Å². The number of carbonyl (C=O) groups excluding carboxylic acids is 1. The molecule has 0 atom stereocenters. The van der Waals surface area contributed by atoms with Crippen LogP contribution in [0.25, 0.3) is 0 Å². The van der Waals surface area contributed by atoms with Gasteiger partial charge in [0.2, 0.25) is 5.91 Å². The van der Waals surface area contributed by atoms with Crippen molar-refractivity contribution < 1.29 is 4.79 Å². The molecule has 0 unspecified atom stereocenters. The Labute approximate surface area is 97.6 Å². The van der Waals surface area contributed by atoms with E-state index in [1.54, 1.807) is 0 Å². The molecule has 0 aromatic heterocycles. The zero-order chi connectivity index (χ0) is 12.0. The van der Waals surface area contributed by atoms with Gasteiger partial charge in [-0.05, 0) is 31.7 Å². The molecule has 1 aliphatic carbocycles. The van der Waals surface area contributed by atoms with Crippen LogP contribution in [0.1, 0.15) is 33.1 Å². The van der Waals surface area contributed by atoms with Crippen LogP contribution in [-0.2, 0) is 4.79 Å². The van der Waals surface area contributed by atoms with Gasteiger partial charge < -0.3 is 5.32 Å². The van der Waals surface area contributed by atoms with Gasteiger partial charge in [0.25, 0.3) is 0 Å². The van der Waals surface area contributed by atoms with Crippen LogP contribution < -0.4 is 5.32 Å². The molecule has 1 N–H and O–H groups in total. The van der Waals surface area contributed by atoms with Gasteiger partial charge in [-0.3, -0.25) is 9.69 Å². The third-order valence-corrected chi connectivity index (χ3v) is 3.16. The lowest BCUT2D eigenvalue weighted by Gasteiger charge is -2.24. The molecule has 90 valence electrons. The molecule has 0 heterocycles. The van der Waals surface area contributed by atoms with Gasteiger partial charge in [0.15, 0.2) is 0 Å². The second-order valence-corrected chi connectivity index (χ2v) is 4.59. The third-order valence-electron chi connectivity index (χ3n) is 3.16. The maximum atomic E-state index is 11.5. The fraction of sp³-hybridized carbons (Fsp3) is 0.833. The van der Waals surface area contributed by atoms with Crippen LogP contribution in [0, 0.1) is 16.7 Å². The minimum Gasteiger partial charge on any atom is -0.355 e. The fourth-order valence-electron chi connectivity index (χ4n) is 1.95. The number of carbonyl (C=O) groups is 1. The zero-order valence-corrected chi connectivity index (χ0v) is 10.3. The molecule has 0 aliphatic heterocycles. The van der Waals surface area contributed by atoms with E-state index in [0.29, 0.717) is 19.5 Å². The normalized spacial score (nSPS) is 16.9. The maximum Gasteiger partial charge on any atom is 0.234 e. The highest BCUT2D eigenvalue weighted by Gasteiger charge is 2.43. The average Bonchev–Trinajstić information content (AvgIpc) is 2.98. The van der Waals surface area contributed by atoms with E-state index in [1.807, 2.05) is 6.92 Å². The zero-order valence-electron chi connectivity index (χ0n) is 10.3. The number of nitrogens with one attached hydrogen (secondary N) is 1. The number of nitrogens with zero attached hydrogens (tertiary/aromatic N) is 2. The van der Waals surface area contributed by atoms with E-state index < -0.39 is 0 Å². The lowest BCUT2D eigenvalue weighted by Crippen LogP contribution is -2.39. The second-order valence-electron chi connectivity index (χ2n) is 4.59. The number of nitriles is 1. The molecule has 1 fully saturated rings. The lowest BCUT2D eigenvalue weighted by atomic mass is 10.0. The van der Waals surface area contributed by atoms with Crippen molar-refractivity contribution in [3.05, 3.63) is 0 Å². The summed E-state index contributed by atoms with van der Waals surface area (Å²) in [6, 6.07) is 2.25. The summed E-state index contributed by atoms with van der Waals surface area (Å²) in [6.45, 7) is 6.86. The highest BCUT2D eigenvalue weighted by Crippen LogP contribution is 2.49. The Hall–Kier alpha value is -1.08. The molecule has 1 rings (SSSR count). The minimum atomic E-state index is 0.0807. The van der Waals surface area contributed by atoms with Gasteiger partial charge in [0, 0.05) is 19.5 Å². The van der Waals surface area contributed by atoms with Gasteiger partial charge in [-0.25, -0.2) is 0 Å². The van der Waals surface area contributed by atoms with Crippen molar-refractivity contribution in [1.82, 2.24) is 10.2 Å². The quantitative estimate of drug-likeness (QED) is 0.704. The molecule has 4 nitrogen and oxygen atoms in total. The van der Waals surface area contributed by atoms with Crippen molar-refractivity contribution in [1.29, 1.82) is 5.26 Å². The molecule has 1 saturated carbocycles. The molecule has 0 radical (unpaired) electrons. The first-order chi connectivity index (χ1) is 7.65. The molecule has 0 saturated heterocycles. The van der Waals surface area contributed by atoms with Crippen molar-refractivity contribution in [2.45, 2.75) is 33.1 Å². The van der Waals surface area contributed by atoms with Gasteiger partial charge in [-0.2, -0.15) is 5.26 Å². The van der Waals surface area contributed by atoms with Crippen molar-refractivity contribution >= 4 is 5.91 Å². The van der Waals surface area contributed by atoms with E-state index in [-0.39, 0.29) is 11.3 Å². The van der Waals surface area contributed by atoms with Crippen LogP contribution in [0.3, 0.4) is 0 Å². The highest BCUT2D eigenvalue weighted by molar-refractivity contribution is 5.77. The van der Waals surface area contributed by atoms with Crippen molar-refractivity contribution in [2.24, 2.45) is 5.41 Å². The average molecular weight is 223 g/mol. The Kier molecular flexibility index (Phi) is 4.75. The van der Waals surface area contributed by atoms with Crippen molar-refractivity contribution in [3.63, 3.8) is 0 Å². The predicted molar refractivity (Wildman–Crippen MR) is 62.7 cm³/mol. The molecular weight excluding hydrogens is 202 g/mol. The molecule has 0 bridgehead atoms. The van der Waals surface area contributed by atoms with Crippen LogP contribution in [0.5, 0.6) is 0 Å². The smallest absolute Gasteiger partial charge is 0.234 e. The molecule has 0 aromatic rings. The van der Waals surface area contributed by atoms with Gasteiger partial charge in [0.1, 0.15) is 0 Å². The molecule has 1 amide bonds. The number of hydrogen-bond donors (Lipinski definition) is 1. The van der Waals surface area contributed by atoms with E-state index in [2.05, 4.69) is 23.2 Å². The summed E-state index contributed by atoms with van der Waals surface area (Å²) in [5, 5.41) is 11.5. The summed E-state index contributed by atoms with van der Waals surface area (Å²) in [6.07, 6.45) is 2.89. The molecule has 1 aliphatic rings. The molecule has 4 heteroatoms. The Bertz CT molecular complexity index is 278. The summed E-state index contributed by atoms with van der Waals surface area (Å²) < 4.78 is 0. The van der Waals surface area contributed by atoms with Crippen LogP contribution in [-0.4, -0.2) is 37.0 Å². The monoisotopic (exact) mass is 223 g/mol. The van der Waals surface area contributed by atoms with E-state index >= 15 is 0 Å². The molecule has 0 aromatic carbocycles. The Morgan fingerprint density at radius 2 is 2.19 bits per heavy atom. The van der Waals surface area contributed by atoms with Crippen LogP contribution in [0.4, 0.5) is 0 Å². The Balaban J connectivity index is 2.37. The van der Waals surface area contributed by atoms with E-state index in [0.717, 1.165) is 25.9 Å². The van der Waals surface area contributed by atoms with Gasteiger partial charge in [-0.15, -0.1) is 0 Å². The molecule has 0 spiro atoms. The number of amides is 1. The van der Waals surface area contributed by atoms with Crippen LogP contribution in [0.15, 0.2) is 0 Å². The number of rotatable bonds is 7. The van der Waals surface area contributed by atoms with Crippen LogP contribution in [0.2, 0.25) is 0 Å². The van der Waals surface area contributed by atoms with E-state index in [9.17, 15) is 4.79 Å². The van der Waals surface area contributed by atoms with Crippen molar-refractivity contribution in [3.8, 4) is 6.07 Å². The van der Waals surface area contributed by atoms with E-state index in [4.69, 9.17) is 5.26 Å². The highest BCUT2D eigenvalue weighted by atomic mass is 16.2. The summed E-state index contributed by atoms with van der Waals surface area (Å²) in [4.78, 5) is 13.6. The summed E-state index contributed by atoms with van der Waals surface area (Å²) >= 11 is 0. The molecular formula is C12H21N3O. The fourth-order valence-corrected chi connectivity index (χ4v) is 1.95. The van der Waals surface area contributed by atoms with Crippen molar-refractivity contribution in [2.75, 3.05) is 26.2 Å². The van der Waals surface area contributed by atoms with Gasteiger partial charge >= 0.3 is 0 Å². The second kappa shape index (κ2) is 5.86. The first-order valence-electron chi connectivity index (χ1n) is 6.02. The SMILES string of the molecule is CCNC(=O)CN(CC)CC1(CC#N)CC1. The Morgan fingerprint density at radius 3 is 2.62 bits per heavy atom. The number of hydrogen-bond acceptors (Lipinski definition) is 3. The Morgan fingerprint density at radius 1 is 1.50 bits per heavy atom. The molecule has 16 heavy (non-hydrogen) atoms. The summed E-state index contributed by atoms with van der Waals surface area (Å²) in [5.41, 5.74) is 0.192. The minimum absolute atomic E-state index is 0.0807. The maximum absolute atomic E-state index is 11.5. The van der Waals surface area contributed by atoms with Gasteiger partial charge in [-0.1, -0.05) is 6.92 Å². The van der Waals surface area contributed by atoms with Crippen LogP contribution >= 0.6 is 0 Å². The summed E-state index contributed by atoms with van der Waals surface area (Å²) in [5.74, 6) is 0.0807. The first kappa shape index (κ1) is 13.0. The summed E-state index contributed by atoms with van der Waals surface area (Å²) in [7, 11) is 0.